The summed E-state index contributed by atoms with van der Waals surface area (Å²) in [6.07, 6.45) is 0.892. The van der Waals surface area contributed by atoms with Gasteiger partial charge in [-0.1, -0.05) is 37.3 Å². The Balaban J connectivity index is 2.72. The molecule has 2 nitrogen and oxygen atoms in total. The van der Waals surface area contributed by atoms with Gasteiger partial charge in [0.1, 0.15) is 0 Å². The highest BCUT2D eigenvalue weighted by molar-refractivity contribution is 5.76. The Bertz CT molecular complexity index is 341. The molecule has 0 heterocycles. The number of esters is 1. The van der Waals surface area contributed by atoms with E-state index in [0.717, 1.165) is 6.42 Å². The van der Waals surface area contributed by atoms with Gasteiger partial charge in [0.25, 0.3) is 0 Å². The molecule has 1 unspecified atom stereocenters. The summed E-state index contributed by atoms with van der Waals surface area (Å²) >= 11 is 0. The average molecular weight is 220 g/mol. The van der Waals surface area contributed by atoms with Crippen LogP contribution < -0.4 is 0 Å². The molecule has 0 aromatic heterocycles. The Hall–Kier alpha value is -1.31. The van der Waals surface area contributed by atoms with Crippen LogP contribution in [0.1, 0.15) is 26.3 Å². The lowest BCUT2D eigenvalue weighted by atomic mass is 9.77. The first-order chi connectivity index (χ1) is 7.48. The molecule has 0 saturated heterocycles. The summed E-state index contributed by atoms with van der Waals surface area (Å²) in [5.74, 6) is 0.110. The number of hydrogen-bond acceptors (Lipinski definition) is 2. The van der Waals surface area contributed by atoms with Gasteiger partial charge in [-0.05, 0) is 31.7 Å². The van der Waals surface area contributed by atoms with E-state index in [0.29, 0.717) is 0 Å². The molecule has 0 amide bonds. The van der Waals surface area contributed by atoms with Gasteiger partial charge < -0.3 is 4.74 Å². The minimum absolute atomic E-state index is 0.143. The second-order valence-corrected chi connectivity index (χ2v) is 4.80. The molecule has 0 radical (unpaired) electrons. The summed E-state index contributed by atoms with van der Waals surface area (Å²) in [4.78, 5) is 11.6. The van der Waals surface area contributed by atoms with E-state index in [4.69, 9.17) is 4.74 Å². The Morgan fingerprint density at radius 2 is 1.88 bits per heavy atom. The molecule has 1 atom stereocenters. The Morgan fingerprint density at radius 3 is 2.38 bits per heavy atom. The van der Waals surface area contributed by atoms with Crippen molar-refractivity contribution in [3.8, 4) is 0 Å². The molecule has 1 aromatic rings. The molecule has 88 valence electrons. The van der Waals surface area contributed by atoms with E-state index in [2.05, 4.69) is 19.1 Å². The monoisotopic (exact) mass is 220 g/mol. The number of methoxy groups -OCH3 is 1. The minimum Gasteiger partial charge on any atom is -0.469 e. The van der Waals surface area contributed by atoms with Crippen molar-refractivity contribution in [2.75, 3.05) is 7.11 Å². The van der Waals surface area contributed by atoms with Gasteiger partial charge in [0, 0.05) is 0 Å². The Morgan fingerprint density at radius 1 is 1.31 bits per heavy atom. The van der Waals surface area contributed by atoms with Crippen molar-refractivity contribution in [3.63, 3.8) is 0 Å². The summed E-state index contributed by atoms with van der Waals surface area (Å²) in [6.45, 7) is 5.96. The molecule has 0 aliphatic heterocycles. The largest absolute Gasteiger partial charge is 0.469 e. The normalized spacial score (nSPS) is 13.2. The standard InChI is InChI=1S/C14H20O2/c1-11(14(2,3)13(15)16-4)10-12-8-6-5-7-9-12/h5-9,11H,10H2,1-4H3. The van der Waals surface area contributed by atoms with Crippen molar-refractivity contribution in [1.82, 2.24) is 0 Å². The quantitative estimate of drug-likeness (QED) is 0.729. The predicted molar refractivity (Wildman–Crippen MR) is 65.1 cm³/mol. The predicted octanol–water partition coefficient (Wildman–Crippen LogP) is 3.06. The third-order valence-electron chi connectivity index (χ3n) is 3.33. The molecule has 0 N–H and O–H groups in total. The summed E-state index contributed by atoms with van der Waals surface area (Å²) in [6, 6.07) is 10.2. The van der Waals surface area contributed by atoms with Crippen molar-refractivity contribution in [3.05, 3.63) is 35.9 Å². The summed E-state index contributed by atoms with van der Waals surface area (Å²) in [5.41, 5.74) is 0.817. The smallest absolute Gasteiger partial charge is 0.311 e. The SMILES string of the molecule is COC(=O)C(C)(C)C(C)Cc1ccccc1. The van der Waals surface area contributed by atoms with Gasteiger partial charge in [0.05, 0.1) is 12.5 Å². The van der Waals surface area contributed by atoms with E-state index >= 15 is 0 Å². The second-order valence-electron chi connectivity index (χ2n) is 4.80. The van der Waals surface area contributed by atoms with Crippen LogP contribution in [0.5, 0.6) is 0 Å². The molecular weight excluding hydrogens is 200 g/mol. The van der Waals surface area contributed by atoms with Gasteiger partial charge >= 0.3 is 5.97 Å². The molecule has 0 bridgehead atoms. The van der Waals surface area contributed by atoms with Gasteiger partial charge in [-0.3, -0.25) is 4.79 Å². The van der Waals surface area contributed by atoms with E-state index in [1.54, 1.807) is 0 Å². The number of carbonyl (C=O) groups excluding carboxylic acids is 1. The van der Waals surface area contributed by atoms with Crippen LogP contribution in [0.3, 0.4) is 0 Å². The van der Waals surface area contributed by atoms with Crippen molar-refractivity contribution in [2.45, 2.75) is 27.2 Å². The summed E-state index contributed by atoms with van der Waals surface area (Å²) in [7, 11) is 1.44. The van der Waals surface area contributed by atoms with Crippen LogP contribution in [0, 0.1) is 11.3 Å². The zero-order chi connectivity index (χ0) is 12.2. The molecule has 1 aromatic carbocycles. The number of hydrogen-bond donors (Lipinski definition) is 0. The summed E-state index contributed by atoms with van der Waals surface area (Å²) < 4.78 is 4.83. The Labute approximate surface area is 97.6 Å². The van der Waals surface area contributed by atoms with Gasteiger partial charge in [-0.2, -0.15) is 0 Å². The van der Waals surface area contributed by atoms with E-state index in [1.165, 1.54) is 12.7 Å². The van der Waals surface area contributed by atoms with Crippen LogP contribution >= 0.6 is 0 Å². The number of benzene rings is 1. The third kappa shape index (κ3) is 2.84. The van der Waals surface area contributed by atoms with E-state index in [1.807, 2.05) is 32.0 Å². The first-order valence-electron chi connectivity index (χ1n) is 5.61. The first-order valence-corrected chi connectivity index (χ1v) is 5.61. The maximum Gasteiger partial charge on any atom is 0.311 e. The topological polar surface area (TPSA) is 26.3 Å². The first kappa shape index (κ1) is 12.8. The zero-order valence-electron chi connectivity index (χ0n) is 10.5. The van der Waals surface area contributed by atoms with E-state index < -0.39 is 5.41 Å². The van der Waals surface area contributed by atoms with Crippen molar-refractivity contribution >= 4 is 5.97 Å². The van der Waals surface area contributed by atoms with Crippen LogP contribution in [0.15, 0.2) is 30.3 Å². The maximum atomic E-state index is 11.6. The molecular formula is C14H20O2. The Kier molecular flexibility index (Phi) is 4.11. The van der Waals surface area contributed by atoms with Crippen LogP contribution in [-0.4, -0.2) is 13.1 Å². The third-order valence-corrected chi connectivity index (χ3v) is 3.33. The highest BCUT2D eigenvalue weighted by Gasteiger charge is 2.34. The highest BCUT2D eigenvalue weighted by Crippen LogP contribution is 2.30. The van der Waals surface area contributed by atoms with Crippen LogP contribution in [0.4, 0.5) is 0 Å². The van der Waals surface area contributed by atoms with Gasteiger partial charge in [-0.25, -0.2) is 0 Å². The maximum absolute atomic E-state index is 11.6. The van der Waals surface area contributed by atoms with Gasteiger partial charge in [0.15, 0.2) is 0 Å². The minimum atomic E-state index is -0.440. The van der Waals surface area contributed by atoms with Crippen molar-refractivity contribution in [1.29, 1.82) is 0 Å². The fraction of sp³-hybridized carbons (Fsp3) is 0.500. The van der Waals surface area contributed by atoms with E-state index in [9.17, 15) is 4.79 Å². The lowest BCUT2D eigenvalue weighted by Crippen LogP contribution is -2.33. The van der Waals surface area contributed by atoms with Crippen molar-refractivity contribution in [2.24, 2.45) is 11.3 Å². The fourth-order valence-electron chi connectivity index (χ4n) is 1.69. The molecule has 0 fully saturated rings. The second kappa shape index (κ2) is 5.15. The molecule has 2 heteroatoms. The van der Waals surface area contributed by atoms with Crippen molar-refractivity contribution < 1.29 is 9.53 Å². The van der Waals surface area contributed by atoms with E-state index in [-0.39, 0.29) is 11.9 Å². The van der Waals surface area contributed by atoms with Crippen LogP contribution in [0.2, 0.25) is 0 Å². The number of carbonyl (C=O) groups is 1. The lowest BCUT2D eigenvalue weighted by molar-refractivity contribution is -0.153. The van der Waals surface area contributed by atoms with Crippen LogP contribution in [0.25, 0.3) is 0 Å². The summed E-state index contributed by atoms with van der Waals surface area (Å²) in [5, 5.41) is 0. The molecule has 0 spiro atoms. The molecule has 16 heavy (non-hydrogen) atoms. The molecule has 0 saturated carbocycles. The number of ether oxygens (including phenoxy) is 1. The number of rotatable bonds is 4. The lowest BCUT2D eigenvalue weighted by Gasteiger charge is -2.28. The highest BCUT2D eigenvalue weighted by atomic mass is 16.5. The average Bonchev–Trinajstić information content (AvgIpc) is 2.29. The van der Waals surface area contributed by atoms with Gasteiger partial charge in [0.2, 0.25) is 0 Å². The van der Waals surface area contributed by atoms with Gasteiger partial charge in [-0.15, -0.1) is 0 Å². The fourth-order valence-corrected chi connectivity index (χ4v) is 1.69. The van der Waals surface area contributed by atoms with Crippen LogP contribution in [-0.2, 0) is 16.0 Å². The zero-order valence-corrected chi connectivity index (χ0v) is 10.5. The molecule has 0 aliphatic rings. The molecule has 1 rings (SSSR count). The molecule has 0 aliphatic carbocycles.